The number of hydrogen-bond acceptors (Lipinski definition) is 10. The summed E-state index contributed by atoms with van der Waals surface area (Å²) in [7, 11) is -4.75. The van der Waals surface area contributed by atoms with Gasteiger partial charge in [-0.2, -0.15) is 0 Å². The third-order valence-corrected chi connectivity index (χ3v) is 12.3. The lowest BCUT2D eigenvalue weighted by atomic mass is 10.1. The maximum absolute atomic E-state index is 12.9. The number of allylic oxidation sites excluding steroid dienone is 14. The van der Waals surface area contributed by atoms with Gasteiger partial charge in [0.15, 0.2) is 6.10 Å². The molecule has 0 aromatic rings. The van der Waals surface area contributed by atoms with Crippen LogP contribution >= 0.6 is 7.82 Å². The molecule has 0 aliphatic heterocycles. The van der Waals surface area contributed by atoms with Gasteiger partial charge < -0.3 is 24.2 Å². The minimum absolute atomic E-state index is 0.148. The van der Waals surface area contributed by atoms with Crippen molar-refractivity contribution < 1.29 is 52.2 Å². The highest BCUT2D eigenvalue weighted by Crippen LogP contribution is 2.43. The fourth-order valence-corrected chi connectivity index (χ4v) is 7.97. The van der Waals surface area contributed by atoms with E-state index in [1.165, 1.54) is 32.1 Å². The number of carbonyl (C=O) groups excluding carboxylic acids is 3. The third kappa shape index (κ3) is 49.6. The monoisotopic (exact) mass is 1000 g/mol. The number of hydrogen-bond donors (Lipinski definition) is 2. The van der Waals surface area contributed by atoms with E-state index in [1.807, 2.05) is 0 Å². The van der Waals surface area contributed by atoms with Crippen molar-refractivity contribution >= 4 is 25.7 Å². The van der Waals surface area contributed by atoms with Crippen LogP contribution in [0.2, 0.25) is 0 Å². The van der Waals surface area contributed by atoms with E-state index in [1.54, 1.807) is 0 Å². The van der Waals surface area contributed by atoms with Crippen LogP contribution in [0.5, 0.6) is 0 Å². The summed E-state index contributed by atoms with van der Waals surface area (Å²) in [5, 5.41) is 9.79. The van der Waals surface area contributed by atoms with Crippen LogP contribution in [0.15, 0.2) is 85.1 Å². The molecule has 12 heteroatoms. The van der Waals surface area contributed by atoms with Crippen LogP contribution in [0.25, 0.3) is 0 Å². The van der Waals surface area contributed by atoms with Crippen LogP contribution in [0, 0.1) is 0 Å². The SMILES string of the molecule is CC/C=C\C/C=C\C/C=C\C/C=C\CCCCCCCCC(=O)OC(COC(=O)CCCCCCCCCCC)COP(=O)(O)OCC(CO)OC(=O)CCCCCCC/C=C\C/C=C\C/C=C\CC. The van der Waals surface area contributed by atoms with E-state index in [-0.39, 0.29) is 25.9 Å². The first-order valence-electron chi connectivity index (χ1n) is 27.5. The van der Waals surface area contributed by atoms with E-state index in [2.05, 4.69) is 106 Å². The van der Waals surface area contributed by atoms with Gasteiger partial charge in [0, 0.05) is 19.3 Å². The van der Waals surface area contributed by atoms with E-state index in [0.29, 0.717) is 19.3 Å². The molecule has 0 aromatic heterocycles. The number of esters is 3. The molecule has 3 unspecified atom stereocenters. The lowest BCUT2D eigenvalue weighted by Crippen LogP contribution is -2.30. The minimum atomic E-state index is -4.75. The van der Waals surface area contributed by atoms with E-state index >= 15 is 0 Å². The second-order valence-electron chi connectivity index (χ2n) is 18.0. The van der Waals surface area contributed by atoms with Gasteiger partial charge in [0.05, 0.1) is 19.8 Å². The Labute approximate surface area is 426 Å². The Morgan fingerprint density at radius 1 is 0.414 bits per heavy atom. The summed E-state index contributed by atoms with van der Waals surface area (Å²) in [5.74, 6) is -1.50. The van der Waals surface area contributed by atoms with Gasteiger partial charge in [-0.15, -0.1) is 0 Å². The topological polar surface area (TPSA) is 155 Å². The zero-order chi connectivity index (χ0) is 51.3. The van der Waals surface area contributed by atoms with E-state index in [4.69, 9.17) is 23.3 Å². The number of phosphoric ester groups is 1. The van der Waals surface area contributed by atoms with Crippen LogP contribution in [-0.4, -0.2) is 66.5 Å². The average molecular weight is 1000 g/mol. The smallest absolute Gasteiger partial charge is 0.462 e. The van der Waals surface area contributed by atoms with Gasteiger partial charge in [-0.3, -0.25) is 23.4 Å². The number of ether oxygens (including phenoxy) is 3. The molecule has 402 valence electrons. The number of phosphoric acid groups is 1. The zero-order valence-electron chi connectivity index (χ0n) is 44.2. The maximum atomic E-state index is 12.9. The Hall–Kier alpha value is -3.34. The number of rotatable bonds is 50. The molecule has 0 fully saturated rings. The number of aliphatic hydroxyl groups is 1. The van der Waals surface area contributed by atoms with Crippen molar-refractivity contribution in [2.75, 3.05) is 26.4 Å². The molecule has 0 bridgehead atoms. The van der Waals surface area contributed by atoms with Crippen LogP contribution in [0.3, 0.4) is 0 Å². The highest BCUT2D eigenvalue weighted by molar-refractivity contribution is 7.47. The third-order valence-electron chi connectivity index (χ3n) is 11.3. The highest BCUT2D eigenvalue weighted by atomic mass is 31.2. The van der Waals surface area contributed by atoms with Crippen LogP contribution in [0.4, 0.5) is 0 Å². The largest absolute Gasteiger partial charge is 0.472 e. The summed E-state index contributed by atoms with van der Waals surface area (Å²) in [6.07, 6.45) is 58.4. The standard InChI is InChI=1S/C58H99O11P/c1-4-7-10-13-16-19-21-23-25-26-27-28-30-32-34-37-40-43-46-49-58(62)69-55(51-65-56(60)47-44-41-38-35-18-15-12-9-6-3)53-67-70(63,64)66-52-54(50-59)68-57(61)48-45-42-39-36-33-31-29-24-22-20-17-14-11-8-5-2/h7-8,10-11,16-17,19-20,23-25,27-29,54-55,59H,4-6,9,12-15,18,21-22,26,30-53H2,1-3H3,(H,63,64)/b10-7-,11-8-,19-16-,20-17-,25-23-,28-27-,29-24-. The van der Waals surface area contributed by atoms with Crippen molar-refractivity contribution in [1.82, 2.24) is 0 Å². The Kier molecular flexibility index (Phi) is 49.5. The lowest BCUT2D eigenvalue weighted by molar-refractivity contribution is -0.161. The molecule has 0 spiro atoms. The van der Waals surface area contributed by atoms with E-state index in [9.17, 15) is 28.9 Å². The molecule has 0 amide bonds. The van der Waals surface area contributed by atoms with Gasteiger partial charge in [-0.1, -0.05) is 202 Å². The van der Waals surface area contributed by atoms with Crippen molar-refractivity contribution in [3.63, 3.8) is 0 Å². The molecule has 0 aromatic carbocycles. The van der Waals surface area contributed by atoms with Gasteiger partial charge in [-0.05, 0) is 89.9 Å². The molecule has 11 nitrogen and oxygen atoms in total. The molecule has 0 aliphatic carbocycles. The summed E-state index contributed by atoms with van der Waals surface area (Å²) in [5.41, 5.74) is 0. The number of carbonyl (C=O) groups is 3. The van der Waals surface area contributed by atoms with Crippen molar-refractivity contribution in [3.05, 3.63) is 85.1 Å². The normalized spacial score (nSPS) is 14.1. The van der Waals surface area contributed by atoms with Crippen molar-refractivity contribution in [2.24, 2.45) is 0 Å². The Bertz CT molecular complexity index is 1500. The number of aliphatic hydroxyl groups excluding tert-OH is 1. The minimum Gasteiger partial charge on any atom is -0.462 e. The summed E-state index contributed by atoms with van der Waals surface area (Å²) in [6, 6.07) is 0. The second-order valence-corrected chi connectivity index (χ2v) is 19.4. The van der Waals surface area contributed by atoms with Gasteiger partial charge >= 0.3 is 25.7 Å². The van der Waals surface area contributed by atoms with E-state index in [0.717, 1.165) is 135 Å². The van der Waals surface area contributed by atoms with Crippen LogP contribution in [0.1, 0.15) is 226 Å². The van der Waals surface area contributed by atoms with Crippen molar-refractivity contribution in [2.45, 2.75) is 238 Å². The molecular formula is C58H99O11P. The van der Waals surface area contributed by atoms with Crippen LogP contribution < -0.4 is 0 Å². The predicted molar refractivity (Wildman–Crippen MR) is 288 cm³/mol. The summed E-state index contributed by atoms with van der Waals surface area (Å²) < 4.78 is 39.4. The summed E-state index contributed by atoms with van der Waals surface area (Å²) in [4.78, 5) is 48.4. The van der Waals surface area contributed by atoms with Gasteiger partial charge in [0.25, 0.3) is 0 Å². The molecular weight excluding hydrogens is 904 g/mol. The molecule has 0 heterocycles. The Morgan fingerprint density at radius 3 is 1.14 bits per heavy atom. The fourth-order valence-electron chi connectivity index (χ4n) is 7.18. The maximum Gasteiger partial charge on any atom is 0.472 e. The molecule has 0 radical (unpaired) electrons. The second kappa shape index (κ2) is 52.0. The molecule has 0 saturated heterocycles. The van der Waals surface area contributed by atoms with Crippen LogP contribution in [-0.2, 0) is 42.2 Å². The summed E-state index contributed by atoms with van der Waals surface area (Å²) in [6.45, 7) is 4.35. The Balaban J connectivity index is 4.70. The molecule has 70 heavy (non-hydrogen) atoms. The van der Waals surface area contributed by atoms with Gasteiger partial charge in [0.1, 0.15) is 12.7 Å². The average Bonchev–Trinajstić information content (AvgIpc) is 3.35. The van der Waals surface area contributed by atoms with E-state index < -0.39 is 57.8 Å². The highest BCUT2D eigenvalue weighted by Gasteiger charge is 2.28. The quantitative estimate of drug-likeness (QED) is 0.0197. The molecule has 3 atom stereocenters. The zero-order valence-corrected chi connectivity index (χ0v) is 45.1. The first-order valence-corrected chi connectivity index (χ1v) is 29.0. The first-order chi connectivity index (χ1) is 34.2. The summed E-state index contributed by atoms with van der Waals surface area (Å²) >= 11 is 0. The molecule has 0 aliphatic rings. The van der Waals surface area contributed by atoms with Gasteiger partial charge in [-0.25, -0.2) is 4.57 Å². The molecule has 0 rings (SSSR count). The molecule has 0 saturated carbocycles. The van der Waals surface area contributed by atoms with Crippen molar-refractivity contribution in [1.29, 1.82) is 0 Å². The fraction of sp³-hybridized carbons (Fsp3) is 0.707. The Morgan fingerprint density at radius 2 is 0.743 bits per heavy atom. The molecule has 2 N–H and O–H groups in total. The first kappa shape index (κ1) is 66.7. The predicted octanol–water partition coefficient (Wildman–Crippen LogP) is 15.9. The van der Waals surface area contributed by atoms with Crippen molar-refractivity contribution in [3.8, 4) is 0 Å². The lowest BCUT2D eigenvalue weighted by Gasteiger charge is -2.21. The number of unbranched alkanes of at least 4 members (excludes halogenated alkanes) is 19. The van der Waals surface area contributed by atoms with Gasteiger partial charge in [0.2, 0.25) is 0 Å².